The maximum Gasteiger partial charge on any atom is 0.304 e. The van der Waals surface area contributed by atoms with Crippen molar-refractivity contribution in [1.82, 2.24) is 14.5 Å². The van der Waals surface area contributed by atoms with Gasteiger partial charge >= 0.3 is 5.97 Å². The van der Waals surface area contributed by atoms with Gasteiger partial charge in [0, 0.05) is 30.6 Å². The second-order valence-electron chi connectivity index (χ2n) is 8.95. The maximum absolute atomic E-state index is 11.4. The van der Waals surface area contributed by atoms with Crippen LogP contribution < -0.4 is 4.74 Å². The highest BCUT2D eigenvalue weighted by Crippen LogP contribution is 2.35. The molecule has 0 radical (unpaired) electrons. The zero-order valence-corrected chi connectivity index (χ0v) is 18.3. The van der Waals surface area contributed by atoms with E-state index in [1.54, 1.807) is 6.20 Å². The molecule has 1 atom stereocenters. The molecule has 0 bridgehead atoms. The second kappa shape index (κ2) is 8.53. The number of benzene rings is 1. The summed E-state index contributed by atoms with van der Waals surface area (Å²) in [5, 5.41) is 9.35. The van der Waals surface area contributed by atoms with Crippen LogP contribution in [0.3, 0.4) is 0 Å². The van der Waals surface area contributed by atoms with Crippen molar-refractivity contribution in [3.63, 3.8) is 0 Å². The number of ether oxygens (including phenoxy) is 1. The lowest BCUT2D eigenvalue weighted by Crippen LogP contribution is -2.26. The number of aryl methyl sites for hydroxylation is 2. The Bertz CT molecular complexity index is 1070. The fourth-order valence-electron chi connectivity index (χ4n) is 4.44. The molecule has 1 aromatic carbocycles. The first kappa shape index (κ1) is 21.1. The number of fused-ring (bicyclic) bond motifs is 1. The average molecular weight is 420 g/mol. The zero-order valence-electron chi connectivity index (χ0n) is 18.3. The van der Waals surface area contributed by atoms with Crippen molar-refractivity contribution < 1.29 is 14.6 Å². The van der Waals surface area contributed by atoms with E-state index in [1.165, 1.54) is 17.7 Å². The van der Waals surface area contributed by atoms with E-state index in [-0.39, 0.29) is 17.8 Å². The molecule has 6 nitrogen and oxygen atoms in total. The minimum atomic E-state index is -0.852. The smallest absolute Gasteiger partial charge is 0.304 e. The highest BCUT2D eigenvalue weighted by Gasteiger charge is 2.29. The number of hydrogen-bond donors (Lipinski definition) is 1. The Labute approximate surface area is 182 Å². The van der Waals surface area contributed by atoms with Crippen LogP contribution in [0.2, 0.25) is 0 Å². The van der Waals surface area contributed by atoms with Crippen molar-refractivity contribution in [2.24, 2.45) is 7.05 Å². The Morgan fingerprint density at radius 2 is 2.00 bits per heavy atom. The third kappa shape index (κ3) is 4.63. The van der Waals surface area contributed by atoms with E-state index in [9.17, 15) is 9.90 Å². The van der Waals surface area contributed by atoms with Crippen LogP contribution in [0, 0.1) is 0 Å². The number of nitrogens with zero attached hydrogens (tertiary/aromatic N) is 3. The van der Waals surface area contributed by atoms with Crippen LogP contribution in [-0.4, -0.2) is 25.6 Å². The van der Waals surface area contributed by atoms with Gasteiger partial charge in [-0.25, -0.2) is 4.98 Å². The summed E-state index contributed by atoms with van der Waals surface area (Å²) in [6.07, 6.45) is 6.97. The van der Waals surface area contributed by atoms with Gasteiger partial charge in [-0.05, 0) is 48.6 Å². The molecule has 0 saturated carbocycles. The predicted molar refractivity (Wildman–Crippen MR) is 118 cm³/mol. The molecular weight excluding hydrogens is 390 g/mol. The number of carboxylic acid groups (broad SMARTS) is 1. The van der Waals surface area contributed by atoms with E-state index in [0.29, 0.717) is 6.61 Å². The summed E-state index contributed by atoms with van der Waals surface area (Å²) in [5.74, 6) is 0.305. The molecule has 6 heteroatoms. The van der Waals surface area contributed by atoms with Crippen LogP contribution in [0.5, 0.6) is 5.75 Å². The zero-order chi connectivity index (χ0) is 22.0. The first-order valence-electron chi connectivity index (χ1n) is 10.7. The van der Waals surface area contributed by atoms with Gasteiger partial charge in [0.05, 0.1) is 18.0 Å². The molecule has 0 amide bonds. The Hall–Kier alpha value is -3.15. The average Bonchev–Trinajstić information content (AvgIpc) is 3.16. The molecule has 0 spiro atoms. The molecule has 2 aromatic heterocycles. The molecular formula is C25H29N3O3. The standard InChI is InChI=1S/C25H29N3O3/c1-25(2)12-4-5-18-6-9-19(27-23(18)25)16-31-20-10-7-17(8-11-20)21(15-22(29)30)24-26-13-14-28(24)3/h6-11,13-14,21H,4-5,12,15-16H2,1-3H3,(H,29,30). The van der Waals surface area contributed by atoms with Crippen molar-refractivity contribution >= 4 is 5.97 Å². The lowest BCUT2D eigenvalue weighted by molar-refractivity contribution is -0.137. The van der Waals surface area contributed by atoms with E-state index >= 15 is 0 Å². The Morgan fingerprint density at radius 3 is 2.68 bits per heavy atom. The molecule has 2 heterocycles. The van der Waals surface area contributed by atoms with Gasteiger partial charge in [-0.15, -0.1) is 0 Å². The van der Waals surface area contributed by atoms with E-state index in [1.807, 2.05) is 42.1 Å². The number of hydrogen-bond acceptors (Lipinski definition) is 4. The van der Waals surface area contributed by atoms with Gasteiger partial charge in [0.2, 0.25) is 0 Å². The summed E-state index contributed by atoms with van der Waals surface area (Å²) in [4.78, 5) is 20.6. The highest BCUT2D eigenvalue weighted by atomic mass is 16.5. The summed E-state index contributed by atoms with van der Waals surface area (Å²) >= 11 is 0. The topological polar surface area (TPSA) is 77.2 Å². The summed E-state index contributed by atoms with van der Waals surface area (Å²) in [5.41, 5.74) is 4.48. The molecule has 162 valence electrons. The second-order valence-corrected chi connectivity index (χ2v) is 8.95. The fourth-order valence-corrected chi connectivity index (χ4v) is 4.44. The number of carbonyl (C=O) groups is 1. The van der Waals surface area contributed by atoms with Gasteiger partial charge in [0.15, 0.2) is 0 Å². The van der Waals surface area contributed by atoms with E-state index < -0.39 is 5.97 Å². The first-order chi connectivity index (χ1) is 14.8. The molecule has 0 aliphatic heterocycles. The summed E-state index contributed by atoms with van der Waals surface area (Å²) < 4.78 is 7.84. The minimum absolute atomic E-state index is 0.0140. The van der Waals surface area contributed by atoms with Crippen LogP contribution in [0.15, 0.2) is 48.8 Å². The molecule has 0 saturated heterocycles. The first-order valence-corrected chi connectivity index (χ1v) is 10.7. The minimum Gasteiger partial charge on any atom is -0.487 e. The highest BCUT2D eigenvalue weighted by molar-refractivity contribution is 5.68. The number of imidazole rings is 1. The van der Waals surface area contributed by atoms with Crippen molar-refractivity contribution in [3.05, 3.63) is 77.1 Å². The van der Waals surface area contributed by atoms with Crippen molar-refractivity contribution in [3.8, 4) is 5.75 Å². The third-order valence-electron chi connectivity index (χ3n) is 6.14. The molecule has 4 rings (SSSR count). The fraction of sp³-hybridized carbons (Fsp3) is 0.400. The Balaban J connectivity index is 1.48. The normalized spacial score (nSPS) is 15.8. The van der Waals surface area contributed by atoms with Gasteiger partial charge in [0.25, 0.3) is 0 Å². The van der Waals surface area contributed by atoms with Crippen LogP contribution >= 0.6 is 0 Å². The molecule has 1 unspecified atom stereocenters. The van der Waals surface area contributed by atoms with E-state index in [2.05, 4.69) is 31.0 Å². The molecule has 1 aliphatic rings. The van der Waals surface area contributed by atoms with Crippen molar-refractivity contribution in [2.75, 3.05) is 0 Å². The summed E-state index contributed by atoms with van der Waals surface area (Å²) in [6, 6.07) is 11.8. The molecule has 0 fully saturated rings. The molecule has 31 heavy (non-hydrogen) atoms. The molecule has 3 aromatic rings. The summed E-state index contributed by atoms with van der Waals surface area (Å²) in [6.45, 7) is 4.92. The summed E-state index contributed by atoms with van der Waals surface area (Å²) in [7, 11) is 1.88. The van der Waals surface area contributed by atoms with Crippen molar-refractivity contribution in [2.45, 2.75) is 57.5 Å². The Morgan fingerprint density at radius 1 is 1.23 bits per heavy atom. The molecule has 1 N–H and O–H groups in total. The van der Waals surface area contributed by atoms with Crippen LogP contribution in [0.1, 0.15) is 67.4 Å². The number of pyridine rings is 1. The van der Waals surface area contributed by atoms with Gasteiger partial charge in [-0.2, -0.15) is 0 Å². The third-order valence-corrected chi connectivity index (χ3v) is 6.14. The van der Waals surface area contributed by atoms with Crippen LogP contribution in [-0.2, 0) is 30.3 Å². The van der Waals surface area contributed by atoms with E-state index in [0.717, 1.165) is 35.7 Å². The lowest BCUT2D eigenvalue weighted by Gasteiger charge is -2.31. The number of carboxylic acids is 1. The SMILES string of the molecule is Cn1ccnc1C(CC(=O)O)c1ccc(OCc2ccc3c(n2)C(C)(C)CCC3)cc1. The van der Waals surface area contributed by atoms with Gasteiger partial charge < -0.3 is 14.4 Å². The number of rotatable bonds is 7. The number of aliphatic carboxylic acids is 1. The van der Waals surface area contributed by atoms with Crippen LogP contribution in [0.4, 0.5) is 0 Å². The lowest BCUT2D eigenvalue weighted by atomic mass is 9.76. The van der Waals surface area contributed by atoms with E-state index in [4.69, 9.17) is 9.72 Å². The Kier molecular flexibility index (Phi) is 5.81. The quantitative estimate of drug-likeness (QED) is 0.605. The van der Waals surface area contributed by atoms with Gasteiger partial charge in [-0.1, -0.05) is 32.0 Å². The van der Waals surface area contributed by atoms with Crippen molar-refractivity contribution in [1.29, 1.82) is 0 Å². The van der Waals surface area contributed by atoms with Crippen LogP contribution in [0.25, 0.3) is 0 Å². The number of aromatic nitrogens is 3. The maximum atomic E-state index is 11.4. The predicted octanol–water partition coefficient (Wildman–Crippen LogP) is 4.61. The molecule has 1 aliphatic carbocycles. The monoisotopic (exact) mass is 419 g/mol. The van der Waals surface area contributed by atoms with Gasteiger partial charge in [-0.3, -0.25) is 9.78 Å². The van der Waals surface area contributed by atoms with Gasteiger partial charge in [0.1, 0.15) is 18.2 Å². The largest absolute Gasteiger partial charge is 0.487 e.